The summed E-state index contributed by atoms with van der Waals surface area (Å²) in [6.45, 7) is 2.64. The molecule has 7 heteroatoms. The fourth-order valence-corrected chi connectivity index (χ4v) is 2.40. The molecule has 1 aliphatic rings. The van der Waals surface area contributed by atoms with Gasteiger partial charge in [-0.05, 0) is 19.4 Å². The molecule has 0 bridgehead atoms. The summed E-state index contributed by atoms with van der Waals surface area (Å²) in [5, 5.41) is 15.8. The number of aromatic nitrogens is 2. The molecule has 0 radical (unpaired) electrons. The molecule has 2 N–H and O–H groups in total. The van der Waals surface area contributed by atoms with Crippen molar-refractivity contribution in [2.45, 2.75) is 25.9 Å². The highest BCUT2D eigenvalue weighted by Crippen LogP contribution is 2.24. The van der Waals surface area contributed by atoms with Gasteiger partial charge in [0.15, 0.2) is 0 Å². The Morgan fingerprint density at radius 3 is 2.84 bits per heavy atom. The van der Waals surface area contributed by atoms with Crippen molar-refractivity contribution in [3.8, 4) is 0 Å². The lowest BCUT2D eigenvalue weighted by molar-refractivity contribution is -0.142. The average molecular weight is 266 g/mol. The molecule has 1 fully saturated rings. The molecular weight excluding hydrogens is 248 g/mol. The second-order valence-electron chi connectivity index (χ2n) is 4.77. The smallest absolute Gasteiger partial charge is 0.317 e. The molecule has 2 unspecified atom stereocenters. The van der Waals surface area contributed by atoms with Crippen LogP contribution < -0.4 is 5.32 Å². The van der Waals surface area contributed by atoms with Gasteiger partial charge in [-0.1, -0.05) is 0 Å². The van der Waals surface area contributed by atoms with Crippen LogP contribution in [0.3, 0.4) is 0 Å². The summed E-state index contributed by atoms with van der Waals surface area (Å²) in [4.78, 5) is 24.6. The number of nitrogens with zero attached hydrogens (tertiary/aromatic N) is 3. The van der Waals surface area contributed by atoms with Crippen LogP contribution >= 0.6 is 0 Å². The molecule has 2 rings (SSSR count). The molecule has 2 atom stereocenters. The largest absolute Gasteiger partial charge is 0.481 e. The first kappa shape index (κ1) is 13.4. The Bertz CT molecular complexity index is 485. The maximum absolute atomic E-state index is 12.0. The first-order valence-corrected chi connectivity index (χ1v) is 6.25. The third-order valence-electron chi connectivity index (χ3n) is 3.68. The van der Waals surface area contributed by atoms with Crippen LogP contribution in [0.15, 0.2) is 12.3 Å². The summed E-state index contributed by atoms with van der Waals surface area (Å²) in [6, 6.07) is 1.33. The van der Waals surface area contributed by atoms with Gasteiger partial charge in [-0.2, -0.15) is 5.10 Å². The topological polar surface area (TPSA) is 87.5 Å². The highest BCUT2D eigenvalue weighted by Gasteiger charge is 2.37. The summed E-state index contributed by atoms with van der Waals surface area (Å²) >= 11 is 0. The Morgan fingerprint density at radius 1 is 1.58 bits per heavy atom. The number of hydrogen-bond acceptors (Lipinski definition) is 3. The third kappa shape index (κ3) is 2.69. The van der Waals surface area contributed by atoms with E-state index in [1.807, 2.05) is 6.07 Å². The maximum atomic E-state index is 12.0. The lowest BCUT2D eigenvalue weighted by Crippen LogP contribution is -2.43. The van der Waals surface area contributed by atoms with Gasteiger partial charge < -0.3 is 15.3 Å². The van der Waals surface area contributed by atoms with Gasteiger partial charge in [0.25, 0.3) is 0 Å². The highest BCUT2D eigenvalue weighted by molar-refractivity contribution is 5.78. The monoisotopic (exact) mass is 266 g/mol. The van der Waals surface area contributed by atoms with Crippen molar-refractivity contribution in [3.63, 3.8) is 0 Å². The van der Waals surface area contributed by atoms with Gasteiger partial charge in [0.05, 0.1) is 18.2 Å². The normalized spacial score (nSPS) is 22.5. The molecule has 1 aromatic heterocycles. The van der Waals surface area contributed by atoms with Crippen LogP contribution in [-0.2, 0) is 18.4 Å². The molecule has 2 amide bonds. The summed E-state index contributed by atoms with van der Waals surface area (Å²) in [5.41, 5.74) is 0.898. The van der Waals surface area contributed by atoms with Crippen molar-refractivity contribution in [2.24, 2.45) is 13.0 Å². The first-order chi connectivity index (χ1) is 9.00. The number of likely N-dealkylation sites (tertiary alicyclic amines) is 1. The Labute approximate surface area is 111 Å². The quantitative estimate of drug-likeness (QED) is 0.830. The number of carboxylic acid groups (broad SMARTS) is 1. The Kier molecular flexibility index (Phi) is 3.73. The standard InChI is InChI=1S/C12H18N4O3/c1-8-10(11(17)18)4-6-16(8)12(19)13-7-9-3-5-14-15(9)2/h3,5,8,10H,4,6-7H2,1-2H3,(H,13,19)(H,17,18). The van der Waals surface area contributed by atoms with Gasteiger partial charge in [-0.25, -0.2) is 4.79 Å². The zero-order valence-electron chi connectivity index (χ0n) is 11.0. The van der Waals surface area contributed by atoms with Crippen LogP contribution in [0.25, 0.3) is 0 Å². The number of rotatable bonds is 3. The van der Waals surface area contributed by atoms with Crippen molar-refractivity contribution in [1.82, 2.24) is 20.0 Å². The summed E-state index contributed by atoms with van der Waals surface area (Å²) < 4.78 is 1.69. The van der Waals surface area contributed by atoms with E-state index < -0.39 is 11.9 Å². The van der Waals surface area contributed by atoms with Gasteiger partial charge in [0.2, 0.25) is 0 Å². The Morgan fingerprint density at radius 2 is 2.32 bits per heavy atom. The zero-order valence-corrected chi connectivity index (χ0v) is 11.0. The van der Waals surface area contributed by atoms with E-state index in [9.17, 15) is 9.59 Å². The van der Waals surface area contributed by atoms with Crippen molar-refractivity contribution in [1.29, 1.82) is 0 Å². The van der Waals surface area contributed by atoms with E-state index in [1.165, 1.54) is 0 Å². The molecule has 1 aromatic rings. The number of nitrogens with one attached hydrogen (secondary N) is 1. The third-order valence-corrected chi connectivity index (χ3v) is 3.68. The molecule has 0 saturated carbocycles. The van der Waals surface area contributed by atoms with Gasteiger partial charge in [0, 0.05) is 25.8 Å². The molecule has 0 aliphatic carbocycles. The lowest BCUT2D eigenvalue weighted by Gasteiger charge is -2.23. The number of carboxylic acids is 1. The fourth-order valence-electron chi connectivity index (χ4n) is 2.40. The molecule has 0 aromatic carbocycles. The van der Waals surface area contributed by atoms with E-state index in [1.54, 1.807) is 29.7 Å². The number of aliphatic carboxylic acids is 1. The van der Waals surface area contributed by atoms with Crippen LogP contribution in [0.1, 0.15) is 19.0 Å². The molecule has 104 valence electrons. The van der Waals surface area contributed by atoms with Crippen LogP contribution in [0, 0.1) is 5.92 Å². The minimum Gasteiger partial charge on any atom is -0.481 e. The molecular formula is C12H18N4O3. The number of carbonyl (C=O) groups is 2. The second kappa shape index (κ2) is 5.29. The Balaban J connectivity index is 1.91. The van der Waals surface area contributed by atoms with Crippen molar-refractivity contribution < 1.29 is 14.7 Å². The van der Waals surface area contributed by atoms with Gasteiger partial charge in [-0.3, -0.25) is 9.48 Å². The average Bonchev–Trinajstić information content (AvgIpc) is 2.92. The summed E-state index contributed by atoms with van der Waals surface area (Å²) in [6.07, 6.45) is 2.18. The molecule has 2 heterocycles. The zero-order chi connectivity index (χ0) is 14.0. The number of amides is 2. The van der Waals surface area contributed by atoms with E-state index in [-0.39, 0.29) is 12.1 Å². The van der Waals surface area contributed by atoms with Crippen molar-refractivity contribution in [2.75, 3.05) is 6.54 Å². The van der Waals surface area contributed by atoms with E-state index in [4.69, 9.17) is 5.11 Å². The maximum Gasteiger partial charge on any atom is 0.317 e. The van der Waals surface area contributed by atoms with Crippen molar-refractivity contribution in [3.05, 3.63) is 18.0 Å². The molecule has 1 saturated heterocycles. The minimum absolute atomic E-state index is 0.225. The highest BCUT2D eigenvalue weighted by atomic mass is 16.4. The molecule has 0 spiro atoms. The number of aryl methyl sites for hydroxylation is 1. The van der Waals surface area contributed by atoms with Gasteiger partial charge in [0.1, 0.15) is 0 Å². The van der Waals surface area contributed by atoms with Crippen molar-refractivity contribution >= 4 is 12.0 Å². The fraction of sp³-hybridized carbons (Fsp3) is 0.583. The predicted octanol–water partition coefficient (Wildman–Crippen LogP) is 0.425. The van der Waals surface area contributed by atoms with Crippen LogP contribution in [0.5, 0.6) is 0 Å². The SMILES string of the molecule is CC1C(C(=O)O)CCN1C(=O)NCc1ccnn1C. The van der Waals surface area contributed by atoms with Crippen LogP contribution in [0.2, 0.25) is 0 Å². The van der Waals surface area contributed by atoms with Gasteiger partial charge in [-0.15, -0.1) is 0 Å². The second-order valence-corrected chi connectivity index (χ2v) is 4.77. The number of urea groups is 1. The van der Waals surface area contributed by atoms with E-state index in [2.05, 4.69) is 10.4 Å². The first-order valence-electron chi connectivity index (χ1n) is 6.25. The lowest BCUT2D eigenvalue weighted by atomic mass is 10.0. The molecule has 7 nitrogen and oxygen atoms in total. The molecule has 1 aliphatic heterocycles. The molecule has 19 heavy (non-hydrogen) atoms. The van der Waals surface area contributed by atoms with Crippen LogP contribution in [0.4, 0.5) is 4.79 Å². The van der Waals surface area contributed by atoms with Crippen LogP contribution in [-0.4, -0.2) is 44.4 Å². The minimum atomic E-state index is -0.838. The predicted molar refractivity (Wildman–Crippen MR) is 67.4 cm³/mol. The van der Waals surface area contributed by atoms with Gasteiger partial charge >= 0.3 is 12.0 Å². The van der Waals surface area contributed by atoms with E-state index in [0.29, 0.717) is 19.5 Å². The Hall–Kier alpha value is -2.05. The summed E-state index contributed by atoms with van der Waals surface area (Å²) in [7, 11) is 1.81. The summed E-state index contributed by atoms with van der Waals surface area (Å²) in [5.74, 6) is -1.31. The van der Waals surface area contributed by atoms with E-state index >= 15 is 0 Å². The number of carbonyl (C=O) groups excluding carboxylic acids is 1. The number of hydrogen-bond donors (Lipinski definition) is 2. The van der Waals surface area contributed by atoms with E-state index in [0.717, 1.165) is 5.69 Å².